The van der Waals surface area contributed by atoms with Crippen molar-refractivity contribution in [2.45, 2.75) is 32.5 Å². The highest BCUT2D eigenvalue weighted by atomic mass is 19.4. The number of rotatable bonds is 4. The number of hydrogen-bond acceptors (Lipinski definition) is 4. The fraction of sp³-hybridized carbons (Fsp3) is 0.692. The van der Waals surface area contributed by atoms with Crippen LogP contribution in [0.3, 0.4) is 0 Å². The van der Waals surface area contributed by atoms with Crippen LogP contribution in [0.15, 0.2) is 12.4 Å². The molecule has 1 fully saturated rings. The van der Waals surface area contributed by atoms with Crippen LogP contribution in [0.4, 0.5) is 19.0 Å². The summed E-state index contributed by atoms with van der Waals surface area (Å²) in [6.45, 7) is 4.23. The van der Waals surface area contributed by atoms with Gasteiger partial charge in [-0.1, -0.05) is 0 Å². The van der Waals surface area contributed by atoms with E-state index in [4.69, 9.17) is 0 Å². The van der Waals surface area contributed by atoms with Crippen LogP contribution >= 0.6 is 0 Å². The quantitative estimate of drug-likeness (QED) is 0.925. The number of anilines is 1. The van der Waals surface area contributed by atoms with Gasteiger partial charge in [-0.05, 0) is 32.9 Å². The zero-order chi connectivity index (χ0) is 14.6. The molecular formula is C13H19F3N4. The van der Waals surface area contributed by atoms with E-state index >= 15 is 0 Å². The molecule has 0 amide bonds. The third kappa shape index (κ3) is 4.06. The van der Waals surface area contributed by atoms with E-state index in [0.29, 0.717) is 25.5 Å². The first-order chi connectivity index (χ1) is 9.49. The van der Waals surface area contributed by atoms with Gasteiger partial charge in [0.15, 0.2) is 0 Å². The molecule has 0 spiro atoms. The summed E-state index contributed by atoms with van der Waals surface area (Å²) >= 11 is 0. The number of piperidine rings is 1. The average Bonchev–Trinajstić information content (AvgIpc) is 2.41. The van der Waals surface area contributed by atoms with E-state index in [1.54, 1.807) is 12.4 Å². The maximum atomic E-state index is 12.6. The predicted octanol–water partition coefficient (Wildman–Crippen LogP) is 2.68. The van der Waals surface area contributed by atoms with Crippen LogP contribution in [0.1, 0.15) is 25.5 Å². The fourth-order valence-electron chi connectivity index (χ4n) is 2.36. The van der Waals surface area contributed by atoms with Gasteiger partial charge in [-0.15, -0.1) is 0 Å². The summed E-state index contributed by atoms with van der Waals surface area (Å²) in [5, 5.41) is 3.05. The van der Waals surface area contributed by atoms with E-state index in [-0.39, 0.29) is 12.8 Å². The molecule has 1 N–H and O–H groups in total. The summed E-state index contributed by atoms with van der Waals surface area (Å²) in [6, 6.07) is 0. The van der Waals surface area contributed by atoms with Gasteiger partial charge < -0.3 is 5.32 Å². The topological polar surface area (TPSA) is 41.1 Å². The standard InChI is InChI=1S/C13H19F3N4/c1-2-17-12-8-18-11(7-19-12)9-20-5-3-10(4-6-20)13(14,15)16/h7-8,10H,2-6,9H2,1H3,(H,17,19). The van der Waals surface area contributed by atoms with Gasteiger partial charge in [-0.2, -0.15) is 13.2 Å². The lowest BCUT2D eigenvalue weighted by atomic mass is 9.96. The molecule has 1 aliphatic heterocycles. The molecular weight excluding hydrogens is 269 g/mol. The van der Waals surface area contributed by atoms with Crippen molar-refractivity contribution in [2.24, 2.45) is 5.92 Å². The summed E-state index contributed by atoms with van der Waals surface area (Å²) in [6.07, 6.45) is -0.382. The molecule has 0 aromatic carbocycles. The monoisotopic (exact) mass is 288 g/mol. The molecule has 1 aromatic rings. The van der Waals surface area contributed by atoms with Crippen molar-refractivity contribution in [1.29, 1.82) is 0 Å². The maximum absolute atomic E-state index is 12.6. The molecule has 1 aromatic heterocycles. The number of hydrogen-bond donors (Lipinski definition) is 1. The van der Waals surface area contributed by atoms with Gasteiger partial charge in [-0.3, -0.25) is 9.88 Å². The summed E-state index contributed by atoms with van der Waals surface area (Å²) < 4.78 is 37.7. The lowest BCUT2D eigenvalue weighted by Crippen LogP contribution is -2.38. The highest BCUT2D eigenvalue weighted by Gasteiger charge is 2.40. The van der Waals surface area contributed by atoms with Crippen LogP contribution in [-0.2, 0) is 6.54 Å². The van der Waals surface area contributed by atoms with Gasteiger partial charge in [0.2, 0.25) is 0 Å². The second-order valence-corrected chi connectivity index (χ2v) is 5.02. The molecule has 7 heteroatoms. The molecule has 2 rings (SSSR count). The SMILES string of the molecule is CCNc1cnc(CN2CCC(C(F)(F)F)CC2)cn1. The molecule has 20 heavy (non-hydrogen) atoms. The Bertz CT molecular complexity index is 411. The van der Waals surface area contributed by atoms with Gasteiger partial charge in [0.25, 0.3) is 0 Å². The van der Waals surface area contributed by atoms with Gasteiger partial charge in [0.1, 0.15) is 5.82 Å². The number of likely N-dealkylation sites (tertiary alicyclic amines) is 1. The summed E-state index contributed by atoms with van der Waals surface area (Å²) in [4.78, 5) is 10.5. The number of halogens is 3. The van der Waals surface area contributed by atoms with E-state index in [1.165, 1.54) is 0 Å². The van der Waals surface area contributed by atoms with Crippen LogP contribution in [0.5, 0.6) is 0 Å². The largest absolute Gasteiger partial charge is 0.391 e. The first kappa shape index (κ1) is 15.0. The van der Waals surface area contributed by atoms with E-state index in [1.807, 2.05) is 11.8 Å². The smallest absolute Gasteiger partial charge is 0.369 e. The van der Waals surface area contributed by atoms with E-state index in [2.05, 4.69) is 15.3 Å². The van der Waals surface area contributed by atoms with Crippen LogP contribution in [0, 0.1) is 5.92 Å². The molecule has 0 aliphatic carbocycles. The first-order valence-corrected chi connectivity index (χ1v) is 6.83. The number of aromatic nitrogens is 2. The minimum Gasteiger partial charge on any atom is -0.369 e. The Hall–Kier alpha value is -1.37. The van der Waals surface area contributed by atoms with Gasteiger partial charge in [0, 0.05) is 13.1 Å². The zero-order valence-electron chi connectivity index (χ0n) is 11.5. The van der Waals surface area contributed by atoms with E-state index < -0.39 is 12.1 Å². The Balaban J connectivity index is 1.83. The summed E-state index contributed by atoms with van der Waals surface area (Å²) in [5.41, 5.74) is 0.789. The van der Waals surface area contributed by atoms with Gasteiger partial charge in [-0.25, -0.2) is 4.98 Å². The van der Waals surface area contributed by atoms with Crippen LogP contribution in [0.25, 0.3) is 0 Å². The van der Waals surface area contributed by atoms with Crippen molar-refractivity contribution in [2.75, 3.05) is 25.0 Å². The molecule has 2 heterocycles. The third-order valence-electron chi connectivity index (χ3n) is 3.50. The Labute approximate surface area is 116 Å². The van der Waals surface area contributed by atoms with Crippen molar-refractivity contribution in [3.05, 3.63) is 18.1 Å². The maximum Gasteiger partial charge on any atom is 0.391 e. The van der Waals surface area contributed by atoms with Crippen LogP contribution < -0.4 is 5.32 Å². The molecule has 112 valence electrons. The Morgan fingerprint density at radius 2 is 1.95 bits per heavy atom. The minimum absolute atomic E-state index is 0.173. The Kier molecular flexibility index (Phi) is 4.80. The number of nitrogens with zero attached hydrogens (tertiary/aromatic N) is 3. The van der Waals surface area contributed by atoms with Crippen molar-refractivity contribution >= 4 is 5.82 Å². The molecule has 1 saturated heterocycles. The minimum atomic E-state index is -4.06. The van der Waals surface area contributed by atoms with Gasteiger partial charge >= 0.3 is 6.18 Å². The molecule has 0 bridgehead atoms. The first-order valence-electron chi connectivity index (χ1n) is 6.83. The Morgan fingerprint density at radius 1 is 1.25 bits per heavy atom. The molecule has 1 aliphatic rings. The second-order valence-electron chi connectivity index (χ2n) is 5.02. The highest BCUT2D eigenvalue weighted by molar-refractivity contribution is 5.30. The fourth-order valence-corrected chi connectivity index (χ4v) is 2.36. The number of alkyl halides is 3. The molecule has 0 radical (unpaired) electrons. The average molecular weight is 288 g/mol. The lowest BCUT2D eigenvalue weighted by Gasteiger charge is -2.32. The van der Waals surface area contributed by atoms with Crippen molar-refractivity contribution in [3.8, 4) is 0 Å². The normalized spacial score (nSPS) is 18.2. The Morgan fingerprint density at radius 3 is 2.45 bits per heavy atom. The molecule has 0 saturated carbocycles. The van der Waals surface area contributed by atoms with Crippen molar-refractivity contribution < 1.29 is 13.2 Å². The summed E-state index contributed by atoms with van der Waals surface area (Å²) in [7, 11) is 0. The molecule has 4 nitrogen and oxygen atoms in total. The van der Waals surface area contributed by atoms with E-state index in [0.717, 1.165) is 12.2 Å². The highest BCUT2D eigenvalue weighted by Crippen LogP contribution is 2.34. The molecule has 0 unspecified atom stereocenters. The molecule has 0 atom stereocenters. The predicted molar refractivity (Wildman–Crippen MR) is 70.3 cm³/mol. The van der Waals surface area contributed by atoms with Crippen LogP contribution in [-0.4, -0.2) is 40.7 Å². The van der Waals surface area contributed by atoms with Crippen LogP contribution in [0.2, 0.25) is 0 Å². The number of nitrogens with one attached hydrogen (secondary N) is 1. The van der Waals surface area contributed by atoms with Crippen molar-refractivity contribution in [1.82, 2.24) is 14.9 Å². The van der Waals surface area contributed by atoms with Crippen molar-refractivity contribution in [3.63, 3.8) is 0 Å². The van der Waals surface area contributed by atoms with Gasteiger partial charge in [0.05, 0.1) is 24.0 Å². The second kappa shape index (κ2) is 6.39. The summed E-state index contributed by atoms with van der Waals surface area (Å²) in [5.74, 6) is -0.437. The lowest BCUT2D eigenvalue weighted by molar-refractivity contribution is -0.185. The third-order valence-corrected chi connectivity index (χ3v) is 3.50. The van der Waals surface area contributed by atoms with E-state index in [9.17, 15) is 13.2 Å². The zero-order valence-corrected chi connectivity index (χ0v) is 11.5.